The van der Waals surface area contributed by atoms with Crippen LogP contribution < -0.4 is 9.80 Å². The summed E-state index contributed by atoms with van der Waals surface area (Å²) in [6.07, 6.45) is 1.38. The van der Waals surface area contributed by atoms with E-state index in [-0.39, 0.29) is 28.6 Å². The number of benzene rings is 4. The van der Waals surface area contributed by atoms with Gasteiger partial charge in [0.2, 0.25) is 0 Å². The first kappa shape index (κ1) is 28.6. The topological polar surface area (TPSA) is 83.8 Å². The van der Waals surface area contributed by atoms with Crippen LogP contribution in [-0.2, 0) is 6.42 Å². The summed E-state index contributed by atoms with van der Waals surface area (Å²) in [4.78, 5) is 43.2. The number of anilines is 2. The van der Waals surface area contributed by atoms with Crippen LogP contribution in [0.2, 0.25) is 5.02 Å². The summed E-state index contributed by atoms with van der Waals surface area (Å²) in [6.45, 7) is 4.08. The Morgan fingerprint density at radius 2 is 1.70 bits per heavy atom. The fourth-order valence-corrected chi connectivity index (χ4v) is 7.28. The third kappa shape index (κ3) is 5.17. The molecule has 5 aromatic rings. The number of thiophene rings is 1. The molecule has 0 radical (unpaired) electrons. The van der Waals surface area contributed by atoms with E-state index in [0.29, 0.717) is 32.6 Å². The fraction of sp³-hybridized carbons (Fsp3) is 0.176. The SMILES string of the molecule is CCc1ccc(C(=O)N2c3ccccc3[C@@H](N(C(=O)c3sc4cc([N+](=O)[O-])ccc4c3Cl)c3ccccc3)C[C@@H]2C)cc1. The average molecular weight is 610 g/mol. The van der Waals surface area contributed by atoms with E-state index in [2.05, 4.69) is 6.92 Å². The highest BCUT2D eigenvalue weighted by Crippen LogP contribution is 2.45. The minimum atomic E-state index is -0.462. The van der Waals surface area contributed by atoms with Crippen molar-refractivity contribution >= 4 is 61.9 Å². The van der Waals surface area contributed by atoms with Crippen molar-refractivity contribution in [2.24, 2.45) is 0 Å². The molecular formula is C34H28ClN3O4S. The Labute approximate surface area is 258 Å². The van der Waals surface area contributed by atoms with Gasteiger partial charge in [0.25, 0.3) is 17.5 Å². The maximum Gasteiger partial charge on any atom is 0.270 e. The van der Waals surface area contributed by atoms with Gasteiger partial charge >= 0.3 is 0 Å². The lowest BCUT2D eigenvalue weighted by Crippen LogP contribution is -2.47. The predicted octanol–water partition coefficient (Wildman–Crippen LogP) is 8.85. The van der Waals surface area contributed by atoms with E-state index in [0.717, 1.165) is 34.6 Å². The molecular weight excluding hydrogens is 582 g/mol. The molecule has 0 saturated heterocycles. The Morgan fingerprint density at radius 1 is 1.00 bits per heavy atom. The molecule has 43 heavy (non-hydrogen) atoms. The first-order valence-corrected chi connectivity index (χ1v) is 15.2. The predicted molar refractivity (Wildman–Crippen MR) is 173 cm³/mol. The summed E-state index contributed by atoms with van der Waals surface area (Å²) in [5.74, 6) is -0.394. The van der Waals surface area contributed by atoms with Crippen LogP contribution in [0.15, 0.2) is 97.1 Å². The van der Waals surface area contributed by atoms with E-state index in [9.17, 15) is 19.7 Å². The van der Waals surface area contributed by atoms with E-state index in [1.165, 1.54) is 12.1 Å². The maximum atomic E-state index is 14.5. The number of nitrogens with zero attached hydrogens (tertiary/aromatic N) is 3. The van der Waals surface area contributed by atoms with Crippen LogP contribution in [0, 0.1) is 10.1 Å². The maximum absolute atomic E-state index is 14.5. The normalized spacial score (nSPS) is 16.1. The number of hydrogen-bond donors (Lipinski definition) is 0. The highest BCUT2D eigenvalue weighted by atomic mass is 35.5. The quantitative estimate of drug-likeness (QED) is 0.142. The van der Waals surface area contributed by atoms with Gasteiger partial charge in [-0.2, -0.15) is 0 Å². The van der Waals surface area contributed by atoms with Gasteiger partial charge in [0.05, 0.1) is 16.0 Å². The molecule has 1 aliphatic rings. The van der Waals surface area contributed by atoms with Crippen LogP contribution in [-0.4, -0.2) is 22.8 Å². The summed E-state index contributed by atoms with van der Waals surface area (Å²) >= 11 is 7.92. The van der Waals surface area contributed by atoms with E-state index in [1.54, 1.807) is 11.0 Å². The molecule has 4 aromatic carbocycles. The molecule has 2 atom stereocenters. The van der Waals surface area contributed by atoms with E-state index < -0.39 is 11.0 Å². The van der Waals surface area contributed by atoms with Gasteiger partial charge in [0.15, 0.2) is 0 Å². The molecule has 2 amide bonds. The van der Waals surface area contributed by atoms with Crippen LogP contribution in [0.3, 0.4) is 0 Å². The number of para-hydroxylation sites is 2. The Kier molecular flexibility index (Phi) is 7.73. The first-order chi connectivity index (χ1) is 20.8. The smallest absolute Gasteiger partial charge is 0.270 e. The lowest BCUT2D eigenvalue weighted by Gasteiger charge is -2.43. The number of nitro groups is 1. The molecule has 0 fully saturated rings. The van der Waals surface area contributed by atoms with Crippen LogP contribution >= 0.6 is 22.9 Å². The van der Waals surface area contributed by atoms with Gasteiger partial charge in [-0.25, -0.2) is 0 Å². The van der Waals surface area contributed by atoms with Gasteiger partial charge in [-0.1, -0.05) is 67.1 Å². The van der Waals surface area contributed by atoms with E-state index in [4.69, 9.17) is 11.6 Å². The number of nitro benzene ring substituents is 1. The van der Waals surface area contributed by atoms with Crippen molar-refractivity contribution in [3.8, 4) is 0 Å². The number of fused-ring (bicyclic) bond motifs is 2. The van der Waals surface area contributed by atoms with E-state index >= 15 is 0 Å². The number of rotatable bonds is 6. The van der Waals surface area contributed by atoms with Crippen LogP contribution in [0.1, 0.15) is 57.5 Å². The molecule has 0 N–H and O–H groups in total. The molecule has 216 valence electrons. The van der Waals surface area contributed by atoms with Gasteiger partial charge in [0, 0.05) is 45.2 Å². The highest BCUT2D eigenvalue weighted by Gasteiger charge is 2.40. The second-order valence-corrected chi connectivity index (χ2v) is 12.0. The lowest BCUT2D eigenvalue weighted by atomic mass is 9.89. The summed E-state index contributed by atoms with van der Waals surface area (Å²) in [6, 6.07) is 28.6. The monoisotopic (exact) mass is 609 g/mol. The van der Waals surface area contributed by atoms with Gasteiger partial charge in [-0.05, 0) is 67.3 Å². The zero-order valence-corrected chi connectivity index (χ0v) is 25.1. The van der Waals surface area contributed by atoms with E-state index in [1.807, 2.05) is 90.7 Å². The molecule has 0 saturated carbocycles. The summed E-state index contributed by atoms with van der Waals surface area (Å²) < 4.78 is 0.568. The summed E-state index contributed by atoms with van der Waals surface area (Å²) in [7, 11) is 0. The second kappa shape index (κ2) is 11.6. The zero-order valence-electron chi connectivity index (χ0n) is 23.6. The number of hydrogen-bond acceptors (Lipinski definition) is 5. The van der Waals surface area contributed by atoms with Crippen molar-refractivity contribution in [2.45, 2.75) is 38.8 Å². The number of carbonyl (C=O) groups is 2. The number of non-ortho nitro benzene ring substituents is 1. The molecule has 2 heterocycles. The molecule has 0 spiro atoms. The van der Waals surface area contributed by atoms with Crippen LogP contribution in [0.4, 0.5) is 17.1 Å². The standard InChI is InChI=1S/C34H28ClN3O4S/c1-3-22-13-15-23(16-14-22)33(39)36-21(2)19-29(26-11-7-8-12-28(26)36)37(24-9-5-4-6-10-24)34(40)32-31(35)27-18-17-25(38(41)42)20-30(27)43-32/h4-18,20-21,29H,3,19H2,1-2H3/t21-,29-/m0/s1. The molecule has 1 aliphatic heterocycles. The second-order valence-electron chi connectivity index (χ2n) is 10.6. The van der Waals surface area contributed by atoms with Crippen molar-refractivity contribution in [1.29, 1.82) is 0 Å². The molecule has 0 unspecified atom stereocenters. The molecule has 9 heteroatoms. The Hall–Kier alpha value is -4.53. The van der Waals surface area contributed by atoms with Crippen molar-refractivity contribution in [3.05, 3.63) is 134 Å². The van der Waals surface area contributed by atoms with Crippen molar-refractivity contribution in [3.63, 3.8) is 0 Å². The lowest BCUT2D eigenvalue weighted by molar-refractivity contribution is -0.384. The third-order valence-corrected chi connectivity index (χ3v) is 9.62. The average Bonchev–Trinajstić information content (AvgIpc) is 3.37. The largest absolute Gasteiger partial charge is 0.305 e. The van der Waals surface area contributed by atoms with Gasteiger partial charge < -0.3 is 4.90 Å². The van der Waals surface area contributed by atoms with Crippen LogP contribution in [0.25, 0.3) is 10.1 Å². The Balaban J connectivity index is 1.45. The minimum Gasteiger partial charge on any atom is -0.305 e. The number of amides is 2. The van der Waals surface area contributed by atoms with Crippen molar-refractivity contribution < 1.29 is 14.5 Å². The number of aryl methyl sites for hydroxylation is 1. The van der Waals surface area contributed by atoms with Gasteiger partial charge in [-0.15, -0.1) is 11.3 Å². The first-order valence-electron chi connectivity index (χ1n) is 14.0. The summed E-state index contributed by atoms with van der Waals surface area (Å²) in [5.41, 5.74) is 4.00. The molecule has 6 rings (SSSR count). The number of halogens is 1. The van der Waals surface area contributed by atoms with Gasteiger partial charge in [0.1, 0.15) is 4.88 Å². The Morgan fingerprint density at radius 3 is 2.40 bits per heavy atom. The summed E-state index contributed by atoms with van der Waals surface area (Å²) in [5, 5.41) is 12.2. The zero-order chi connectivity index (χ0) is 30.2. The fourth-order valence-electron chi connectivity index (χ4n) is 5.80. The highest BCUT2D eigenvalue weighted by molar-refractivity contribution is 7.21. The van der Waals surface area contributed by atoms with Gasteiger partial charge in [-0.3, -0.25) is 24.6 Å². The Bertz CT molecular complexity index is 1860. The van der Waals surface area contributed by atoms with Crippen LogP contribution in [0.5, 0.6) is 0 Å². The number of carbonyl (C=O) groups excluding carboxylic acids is 2. The third-order valence-electron chi connectivity index (χ3n) is 7.97. The molecule has 1 aromatic heterocycles. The molecule has 0 bridgehead atoms. The van der Waals surface area contributed by atoms with Crippen molar-refractivity contribution in [1.82, 2.24) is 0 Å². The molecule has 7 nitrogen and oxygen atoms in total. The minimum absolute atomic E-state index is 0.0616. The molecule has 0 aliphatic carbocycles. The van der Waals surface area contributed by atoms with Crippen molar-refractivity contribution in [2.75, 3.05) is 9.80 Å².